The highest BCUT2D eigenvalue weighted by Crippen LogP contribution is 2.08. The summed E-state index contributed by atoms with van der Waals surface area (Å²) in [5.74, 6) is 0.467. The van der Waals surface area contributed by atoms with Gasteiger partial charge in [-0.2, -0.15) is 0 Å². The van der Waals surface area contributed by atoms with Gasteiger partial charge in [-0.15, -0.1) is 0 Å². The van der Waals surface area contributed by atoms with E-state index < -0.39 is 0 Å². The SMILES string of the molecule is C=C(N)Nc1ccc(C)cc1. The molecule has 58 valence electrons. The van der Waals surface area contributed by atoms with Crippen molar-refractivity contribution in [3.8, 4) is 0 Å². The summed E-state index contributed by atoms with van der Waals surface area (Å²) in [6, 6.07) is 7.97. The molecule has 2 heteroatoms. The van der Waals surface area contributed by atoms with Crippen LogP contribution in [0.4, 0.5) is 5.69 Å². The minimum atomic E-state index is 0.467. The van der Waals surface area contributed by atoms with Crippen LogP contribution in [-0.2, 0) is 0 Å². The van der Waals surface area contributed by atoms with Crippen LogP contribution in [0, 0.1) is 6.92 Å². The first kappa shape index (κ1) is 7.66. The second-order valence-corrected chi connectivity index (χ2v) is 2.52. The Labute approximate surface area is 66.7 Å². The molecule has 0 aliphatic rings. The summed E-state index contributed by atoms with van der Waals surface area (Å²) in [5.41, 5.74) is 7.57. The summed E-state index contributed by atoms with van der Waals surface area (Å²) in [6.45, 7) is 5.58. The van der Waals surface area contributed by atoms with Gasteiger partial charge in [-0.25, -0.2) is 0 Å². The van der Waals surface area contributed by atoms with Crippen molar-refractivity contribution in [3.63, 3.8) is 0 Å². The van der Waals surface area contributed by atoms with Crippen molar-refractivity contribution in [1.29, 1.82) is 0 Å². The molecule has 0 radical (unpaired) electrons. The third-order valence-electron chi connectivity index (χ3n) is 1.36. The van der Waals surface area contributed by atoms with Gasteiger partial charge in [0, 0.05) is 5.69 Å². The van der Waals surface area contributed by atoms with E-state index in [0.29, 0.717) is 5.82 Å². The van der Waals surface area contributed by atoms with Crippen LogP contribution in [-0.4, -0.2) is 0 Å². The maximum absolute atomic E-state index is 5.36. The van der Waals surface area contributed by atoms with Crippen LogP contribution >= 0.6 is 0 Å². The predicted octanol–water partition coefficient (Wildman–Crippen LogP) is 1.84. The van der Waals surface area contributed by atoms with E-state index in [0.717, 1.165) is 5.69 Å². The molecule has 0 heterocycles. The molecular weight excluding hydrogens is 136 g/mol. The Morgan fingerprint density at radius 2 is 1.91 bits per heavy atom. The van der Waals surface area contributed by atoms with E-state index in [-0.39, 0.29) is 0 Å². The van der Waals surface area contributed by atoms with Crippen molar-refractivity contribution in [3.05, 3.63) is 42.2 Å². The maximum Gasteiger partial charge on any atom is 0.0930 e. The molecular formula is C9H12N2. The van der Waals surface area contributed by atoms with E-state index in [1.165, 1.54) is 5.56 Å². The number of benzene rings is 1. The lowest BCUT2D eigenvalue weighted by Gasteiger charge is -2.03. The van der Waals surface area contributed by atoms with Gasteiger partial charge in [-0.1, -0.05) is 24.3 Å². The molecule has 0 fully saturated rings. The fourth-order valence-electron chi connectivity index (χ4n) is 0.822. The second kappa shape index (κ2) is 3.10. The Morgan fingerprint density at radius 3 is 2.36 bits per heavy atom. The first-order valence-corrected chi connectivity index (χ1v) is 3.46. The lowest BCUT2D eigenvalue weighted by molar-refractivity contribution is 1.32. The number of hydrogen-bond donors (Lipinski definition) is 2. The summed E-state index contributed by atoms with van der Waals surface area (Å²) in [7, 11) is 0. The third kappa shape index (κ3) is 2.34. The predicted molar refractivity (Wildman–Crippen MR) is 48.1 cm³/mol. The van der Waals surface area contributed by atoms with Crippen molar-refractivity contribution in [2.24, 2.45) is 5.73 Å². The van der Waals surface area contributed by atoms with Gasteiger partial charge in [0.2, 0.25) is 0 Å². The first-order chi connectivity index (χ1) is 5.18. The molecule has 1 aromatic rings. The van der Waals surface area contributed by atoms with Crippen LogP contribution in [0.5, 0.6) is 0 Å². The van der Waals surface area contributed by atoms with Crippen LogP contribution in [0.25, 0.3) is 0 Å². The van der Waals surface area contributed by atoms with E-state index in [1.807, 2.05) is 31.2 Å². The van der Waals surface area contributed by atoms with Gasteiger partial charge >= 0.3 is 0 Å². The molecule has 0 saturated heterocycles. The Morgan fingerprint density at radius 1 is 1.36 bits per heavy atom. The molecule has 11 heavy (non-hydrogen) atoms. The number of nitrogens with two attached hydrogens (primary N) is 1. The fraction of sp³-hybridized carbons (Fsp3) is 0.111. The largest absolute Gasteiger partial charge is 0.386 e. The van der Waals surface area contributed by atoms with Gasteiger partial charge in [0.05, 0.1) is 5.82 Å². The Kier molecular flexibility index (Phi) is 2.16. The molecule has 0 aromatic heterocycles. The Hall–Kier alpha value is -1.44. The fourth-order valence-corrected chi connectivity index (χ4v) is 0.822. The number of hydrogen-bond acceptors (Lipinski definition) is 2. The average Bonchev–Trinajstić information content (AvgIpc) is 1.93. The monoisotopic (exact) mass is 148 g/mol. The molecule has 0 aliphatic carbocycles. The lowest BCUT2D eigenvalue weighted by atomic mass is 10.2. The zero-order valence-corrected chi connectivity index (χ0v) is 6.59. The van der Waals surface area contributed by atoms with E-state index >= 15 is 0 Å². The van der Waals surface area contributed by atoms with Crippen LogP contribution in [0.3, 0.4) is 0 Å². The summed E-state index contributed by atoms with van der Waals surface area (Å²) in [4.78, 5) is 0. The zero-order valence-electron chi connectivity index (χ0n) is 6.59. The molecule has 0 bridgehead atoms. The average molecular weight is 148 g/mol. The van der Waals surface area contributed by atoms with Crippen molar-refractivity contribution >= 4 is 5.69 Å². The van der Waals surface area contributed by atoms with Crippen LogP contribution in [0.2, 0.25) is 0 Å². The number of aryl methyl sites for hydroxylation is 1. The van der Waals surface area contributed by atoms with Crippen LogP contribution < -0.4 is 11.1 Å². The van der Waals surface area contributed by atoms with Crippen LogP contribution in [0.1, 0.15) is 5.56 Å². The highest BCUT2D eigenvalue weighted by atomic mass is 15.0. The summed E-state index contributed by atoms with van der Waals surface area (Å²) in [5, 5.41) is 2.92. The van der Waals surface area contributed by atoms with Crippen molar-refractivity contribution in [1.82, 2.24) is 0 Å². The quantitative estimate of drug-likeness (QED) is 0.671. The number of anilines is 1. The van der Waals surface area contributed by atoms with E-state index in [1.54, 1.807) is 0 Å². The molecule has 0 spiro atoms. The summed E-state index contributed by atoms with van der Waals surface area (Å²) < 4.78 is 0. The van der Waals surface area contributed by atoms with Crippen molar-refractivity contribution in [2.45, 2.75) is 6.92 Å². The highest BCUT2D eigenvalue weighted by molar-refractivity contribution is 5.47. The normalized spacial score (nSPS) is 9.18. The molecule has 1 rings (SSSR count). The van der Waals surface area contributed by atoms with Crippen molar-refractivity contribution < 1.29 is 0 Å². The summed E-state index contributed by atoms with van der Waals surface area (Å²) >= 11 is 0. The molecule has 2 nitrogen and oxygen atoms in total. The minimum absolute atomic E-state index is 0.467. The molecule has 0 saturated carbocycles. The summed E-state index contributed by atoms with van der Waals surface area (Å²) in [6.07, 6.45) is 0. The zero-order chi connectivity index (χ0) is 8.27. The standard InChI is InChI=1S/C9H12N2/c1-7-3-5-9(6-4-7)11-8(2)10/h3-6,11H,2,10H2,1H3. The topological polar surface area (TPSA) is 38.0 Å². The van der Waals surface area contributed by atoms with Crippen LogP contribution in [0.15, 0.2) is 36.7 Å². The van der Waals surface area contributed by atoms with E-state index in [4.69, 9.17) is 5.73 Å². The molecule has 0 aliphatic heterocycles. The van der Waals surface area contributed by atoms with Gasteiger partial charge in [-0.3, -0.25) is 0 Å². The van der Waals surface area contributed by atoms with Gasteiger partial charge < -0.3 is 11.1 Å². The third-order valence-corrected chi connectivity index (χ3v) is 1.36. The smallest absolute Gasteiger partial charge is 0.0930 e. The highest BCUT2D eigenvalue weighted by Gasteiger charge is 1.89. The van der Waals surface area contributed by atoms with Gasteiger partial charge in [0.15, 0.2) is 0 Å². The van der Waals surface area contributed by atoms with E-state index in [2.05, 4.69) is 11.9 Å². The maximum atomic E-state index is 5.36. The van der Waals surface area contributed by atoms with E-state index in [9.17, 15) is 0 Å². The van der Waals surface area contributed by atoms with Crippen molar-refractivity contribution in [2.75, 3.05) is 5.32 Å². The van der Waals surface area contributed by atoms with Gasteiger partial charge in [-0.05, 0) is 19.1 Å². The minimum Gasteiger partial charge on any atom is -0.386 e. The second-order valence-electron chi connectivity index (χ2n) is 2.52. The lowest BCUT2D eigenvalue weighted by Crippen LogP contribution is -2.06. The molecule has 0 amide bonds. The molecule has 3 N–H and O–H groups in total. The number of nitrogens with one attached hydrogen (secondary N) is 1. The first-order valence-electron chi connectivity index (χ1n) is 3.46. The molecule has 1 aromatic carbocycles. The Bertz CT molecular complexity index is 249. The van der Waals surface area contributed by atoms with Gasteiger partial charge in [0.25, 0.3) is 0 Å². The molecule has 0 atom stereocenters. The number of rotatable bonds is 2. The molecule has 0 unspecified atom stereocenters. The Balaban J connectivity index is 2.74. The van der Waals surface area contributed by atoms with Gasteiger partial charge in [0.1, 0.15) is 0 Å².